The number of allylic oxidation sites excluding steroid dienone is 5. The summed E-state index contributed by atoms with van der Waals surface area (Å²) in [5, 5.41) is 4.77. The van der Waals surface area contributed by atoms with Gasteiger partial charge in [0.2, 0.25) is 0 Å². The molecule has 1 unspecified atom stereocenters. The molecule has 0 spiro atoms. The van der Waals surface area contributed by atoms with Crippen LogP contribution in [0, 0.1) is 0 Å². The van der Waals surface area contributed by atoms with Crippen molar-refractivity contribution in [3.05, 3.63) is 187 Å². The average molecular weight is 719 g/mol. The lowest BCUT2D eigenvalue weighted by molar-refractivity contribution is 0.581. The van der Waals surface area contributed by atoms with Gasteiger partial charge in [-0.15, -0.1) is 0 Å². The number of nitrogens with zero attached hydrogens (tertiary/aromatic N) is 4. The number of hydrogen-bond donors (Lipinski definition) is 0. The van der Waals surface area contributed by atoms with E-state index in [1.165, 1.54) is 55.2 Å². The van der Waals surface area contributed by atoms with Gasteiger partial charge >= 0.3 is 0 Å². The van der Waals surface area contributed by atoms with Crippen LogP contribution in [0.15, 0.2) is 176 Å². The van der Waals surface area contributed by atoms with E-state index < -0.39 is 0 Å². The third kappa shape index (κ3) is 6.03. The summed E-state index contributed by atoms with van der Waals surface area (Å²) in [4.78, 5) is 9.34. The van der Waals surface area contributed by atoms with Gasteiger partial charge in [-0.1, -0.05) is 106 Å². The Hall–Kier alpha value is -6.26. The van der Waals surface area contributed by atoms with Crippen molar-refractivity contribution in [1.82, 2.24) is 0 Å². The van der Waals surface area contributed by atoms with Crippen molar-refractivity contribution < 1.29 is 0 Å². The van der Waals surface area contributed by atoms with Gasteiger partial charge in [-0.05, 0) is 102 Å². The number of likely N-dealkylation sites (N-methyl/N-ethyl adjacent to an activating group) is 2. The van der Waals surface area contributed by atoms with Crippen LogP contribution >= 0.6 is 0 Å². The average Bonchev–Trinajstić information content (AvgIpc) is 3.45. The second-order valence-electron chi connectivity index (χ2n) is 15.3. The summed E-state index contributed by atoms with van der Waals surface area (Å²) in [5.74, 6) is 0. The Morgan fingerprint density at radius 2 is 1.22 bits per heavy atom. The number of rotatable bonds is 10. The Balaban J connectivity index is 1.41. The molecular formula is C51H50N4. The fourth-order valence-corrected chi connectivity index (χ4v) is 8.86. The first-order valence-electron chi connectivity index (χ1n) is 19.2. The first-order chi connectivity index (χ1) is 26.6. The van der Waals surface area contributed by atoms with E-state index in [2.05, 4.69) is 208 Å². The van der Waals surface area contributed by atoms with Crippen molar-refractivity contribution in [2.75, 3.05) is 47.8 Å². The van der Waals surface area contributed by atoms with Crippen molar-refractivity contribution in [3.8, 4) is 0 Å². The van der Waals surface area contributed by atoms with Gasteiger partial charge in [0.05, 0.1) is 17.4 Å². The first-order valence-corrected chi connectivity index (χ1v) is 19.2. The Labute approximate surface area is 326 Å². The summed E-state index contributed by atoms with van der Waals surface area (Å²) in [6.07, 6.45) is 11.6. The highest BCUT2D eigenvalue weighted by Gasteiger charge is 2.40. The molecule has 55 heavy (non-hydrogen) atoms. The predicted octanol–water partition coefficient (Wildman–Crippen LogP) is 12.7. The molecule has 2 aliphatic rings. The normalized spacial score (nSPS) is 15.8. The Morgan fingerprint density at radius 3 is 1.84 bits per heavy atom. The van der Waals surface area contributed by atoms with Gasteiger partial charge < -0.3 is 19.6 Å². The number of hydrogen-bond acceptors (Lipinski definition) is 4. The molecule has 0 amide bonds. The Morgan fingerprint density at radius 1 is 0.636 bits per heavy atom. The molecule has 1 atom stereocenters. The molecule has 0 N–H and O–H groups in total. The van der Waals surface area contributed by atoms with Gasteiger partial charge in [-0.25, -0.2) is 0 Å². The Bertz CT molecular complexity index is 2530. The quantitative estimate of drug-likeness (QED) is 0.0794. The molecule has 2 aliphatic carbocycles. The molecule has 0 aromatic heterocycles. The molecular weight excluding hydrogens is 669 g/mol. The highest BCUT2D eigenvalue weighted by molar-refractivity contribution is 6.22. The summed E-state index contributed by atoms with van der Waals surface area (Å²) in [6, 6.07) is 44.2. The third-order valence-corrected chi connectivity index (χ3v) is 12.0. The summed E-state index contributed by atoms with van der Waals surface area (Å²) < 4.78 is 0. The van der Waals surface area contributed by atoms with Gasteiger partial charge in [0.1, 0.15) is 0 Å². The molecule has 0 saturated heterocycles. The van der Waals surface area contributed by atoms with Crippen LogP contribution in [0.3, 0.4) is 0 Å². The topological polar surface area (TPSA) is 13.0 Å². The van der Waals surface area contributed by atoms with E-state index in [-0.39, 0.29) is 11.5 Å². The van der Waals surface area contributed by atoms with Crippen LogP contribution in [0.2, 0.25) is 0 Å². The molecule has 6 aromatic carbocycles. The number of anilines is 6. The predicted molar refractivity (Wildman–Crippen MR) is 240 cm³/mol. The van der Waals surface area contributed by atoms with Gasteiger partial charge in [0.15, 0.2) is 0 Å². The summed E-state index contributed by atoms with van der Waals surface area (Å²) in [5.41, 5.74) is 13.3. The highest BCUT2D eigenvalue weighted by atomic mass is 15.1. The zero-order valence-corrected chi connectivity index (χ0v) is 32.9. The maximum Gasteiger partial charge on any atom is 0.0570 e. The van der Waals surface area contributed by atoms with Crippen LogP contribution in [-0.2, 0) is 5.41 Å². The molecule has 0 aliphatic heterocycles. The van der Waals surface area contributed by atoms with Crippen molar-refractivity contribution in [3.63, 3.8) is 0 Å². The van der Waals surface area contributed by atoms with E-state index in [1.54, 1.807) is 0 Å². The number of benzene rings is 6. The van der Waals surface area contributed by atoms with E-state index in [1.807, 2.05) is 18.2 Å². The fourth-order valence-electron chi connectivity index (χ4n) is 8.86. The van der Waals surface area contributed by atoms with E-state index in [9.17, 15) is 0 Å². The molecule has 0 heterocycles. The standard InChI is InChI=1S/C51H50N4/c1-9-20-35(10-2)54(7)50-44-31-39(52(5)36-21-14-11-15-22-36)28-30-42(44)49(55(8)38-25-18-13-19-26-38)46-34-48-43(33-45(46)50)41-29-27-40(32-47(41)51(48,3)4)53(6)37-23-16-12-17-24-37/h9-31,33-34,40H,1-2,32H2,3-8H3/b35-20+. The van der Waals surface area contributed by atoms with E-state index in [0.717, 1.165) is 34.9 Å². The number of fused-ring (bicyclic) bond motifs is 4. The van der Waals surface area contributed by atoms with Gasteiger partial charge in [-0.3, -0.25) is 0 Å². The molecule has 0 saturated carbocycles. The monoisotopic (exact) mass is 718 g/mol. The summed E-state index contributed by atoms with van der Waals surface area (Å²) in [7, 11) is 8.73. The van der Waals surface area contributed by atoms with E-state index in [4.69, 9.17) is 0 Å². The van der Waals surface area contributed by atoms with Crippen molar-refractivity contribution in [2.45, 2.75) is 31.7 Å². The molecule has 4 nitrogen and oxygen atoms in total. The molecule has 274 valence electrons. The fraction of sp³-hybridized carbons (Fsp3) is 0.176. The van der Waals surface area contributed by atoms with E-state index in [0.29, 0.717) is 0 Å². The lowest BCUT2D eigenvalue weighted by Gasteiger charge is -2.34. The summed E-state index contributed by atoms with van der Waals surface area (Å²) >= 11 is 0. The van der Waals surface area contributed by atoms with Crippen LogP contribution in [0.1, 0.15) is 31.4 Å². The molecule has 0 bridgehead atoms. The SMILES string of the molecule is C=C/C=C(\C=C)N(C)c1c2cc(N(C)c3ccccc3)ccc2c(N(C)c2ccccc2)c2cc3c(cc12)C1=C(CC(N(C)c2ccccc2)C=C1)C3(C)C. The van der Waals surface area contributed by atoms with Crippen LogP contribution < -0.4 is 19.6 Å². The van der Waals surface area contributed by atoms with Crippen LogP contribution in [0.5, 0.6) is 0 Å². The zero-order valence-electron chi connectivity index (χ0n) is 32.9. The molecule has 0 radical (unpaired) electrons. The maximum atomic E-state index is 4.24. The highest BCUT2D eigenvalue weighted by Crippen LogP contribution is 2.55. The van der Waals surface area contributed by atoms with Gasteiger partial charge in [-0.2, -0.15) is 0 Å². The second-order valence-corrected chi connectivity index (χ2v) is 15.3. The van der Waals surface area contributed by atoms with Crippen molar-refractivity contribution in [2.24, 2.45) is 0 Å². The lowest BCUT2D eigenvalue weighted by atomic mass is 9.77. The zero-order chi connectivity index (χ0) is 38.4. The summed E-state index contributed by atoms with van der Waals surface area (Å²) in [6.45, 7) is 13.1. The van der Waals surface area contributed by atoms with Crippen molar-refractivity contribution >= 4 is 61.2 Å². The Kier molecular flexibility index (Phi) is 9.22. The maximum absolute atomic E-state index is 4.24. The molecule has 6 aromatic rings. The largest absolute Gasteiger partial charge is 0.368 e. The van der Waals surface area contributed by atoms with Crippen LogP contribution in [0.25, 0.3) is 27.1 Å². The van der Waals surface area contributed by atoms with Gasteiger partial charge in [0.25, 0.3) is 0 Å². The smallest absolute Gasteiger partial charge is 0.0570 e. The number of para-hydroxylation sites is 3. The molecule has 0 fully saturated rings. The minimum Gasteiger partial charge on any atom is -0.368 e. The minimum atomic E-state index is -0.153. The lowest BCUT2D eigenvalue weighted by Crippen LogP contribution is -2.33. The van der Waals surface area contributed by atoms with Crippen LogP contribution in [0.4, 0.5) is 34.1 Å². The second kappa shape index (κ2) is 14.2. The molecule has 8 rings (SSSR count). The van der Waals surface area contributed by atoms with E-state index >= 15 is 0 Å². The molecule has 4 heteroatoms. The van der Waals surface area contributed by atoms with Gasteiger partial charge in [0, 0.05) is 83.6 Å². The minimum absolute atomic E-state index is 0.153. The van der Waals surface area contributed by atoms with Crippen LogP contribution in [-0.4, -0.2) is 34.2 Å². The van der Waals surface area contributed by atoms with Crippen molar-refractivity contribution in [1.29, 1.82) is 0 Å². The third-order valence-electron chi connectivity index (χ3n) is 12.0. The first kappa shape index (κ1) is 35.8.